The summed E-state index contributed by atoms with van der Waals surface area (Å²) < 4.78 is 1.29. The minimum atomic E-state index is 0.881. The normalized spacial score (nSPS) is 9.33. The van der Waals surface area contributed by atoms with Crippen LogP contribution in [0.2, 0.25) is 0 Å². The first-order valence-corrected chi connectivity index (χ1v) is 5.08. The van der Waals surface area contributed by atoms with Gasteiger partial charge < -0.3 is 0 Å². The van der Waals surface area contributed by atoms with E-state index in [4.69, 9.17) is 6.42 Å². The van der Waals surface area contributed by atoms with Gasteiger partial charge in [0.25, 0.3) is 0 Å². The van der Waals surface area contributed by atoms with Crippen LogP contribution in [0, 0.1) is 15.9 Å². The van der Waals surface area contributed by atoms with Gasteiger partial charge in [0.15, 0.2) is 0 Å². The number of benzene rings is 1. The van der Waals surface area contributed by atoms with E-state index in [1.165, 1.54) is 9.13 Å². The lowest BCUT2D eigenvalue weighted by atomic mass is 10.1. The van der Waals surface area contributed by atoms with Crippen molar-refractivity contribution < 1.29 is 0 Å². The maximum absolute atomic E-state index is 5.17. The zero-order valence-corrected chi connectivity index (χ0v) is 9.04. The molecular formula is C11H11I. The van der Waals surface area contributed by atoms with Crippen LogP contribution in [-0.2, 0) is 6.42 Å². The van der Waals surface area contributed by atoms with E-state index in [1.807, 2.05) is 0 Å². The molecular weight excluding hydrogens is 259 g/mol. The molecule has 0 saturated heterocycles. The van der Waals surface area contributed by atoms with Crippen LogP contribution in [0.1, 0.15) is 18.4 Å². The lowest BCUT2D eigenvalue weighted by Gasteiger charge is -1.98. The highest BCUT2D eigenvalue weighted by Crippen LogP contribution is 2.09. The first-order valence-electron chi connectivity index (χ1n) is 4.01. The van der Waals surface area contributed by atoms with Crippen molar-refractivity contribution in [2.45, 2.75) is 19.3 Å². The third-order valence-electron chi connectivity index (χ3n) is 1.70. The van der Waals surface area contributed by atoms with Gasteiger partial charge in [-0.25, -0.2) is 0 Å². The summed E-state index contributed by atoms with van der Waals surface area (Å²) in [6, 6.07) is 8.59. The highest BCUT2D eigenvalue weighted by atomic mass is 127. The van der Waals surface area contributed by atoms with Gasteiger partial charge in [-0.15, -0.1) is 12.3 Å². The fourth-order valence-electron chi connectivity index (χ4n) is 1.05. The largest absolute Gasteiger partial charge is 0.120 e. The molecule has 0 amide bonds. The van der Waals surface area contributed by atoms with E-state index < -0.39 is 0 Å². The van der Waals surface area contributed by atoms with Gasteiger partial charge in [-0.3, -0.25) is 0 Å². The second-order valence-corrected chi connectivity index (χ2v) is 3.93. The number of terminal acetylenes is 1. The SMILES string of the molecule is C#CCCCc1ccc(I)cc1. The predicted octanol–water partition coefficient (Wildman–Crippen LogP) is 3.25. The van der Waals surface area contributed by atoms with Crippen LogP contribution in [0.4, 0.5) is 0 Å². The molecule has 1 aromatic rings. The van der Waals surface area contributed by atoms with Gasteiger partial charge in [0.2, 0.25) is 0 Å². The van der Waals surface area contributed by atoms with Crippen LogP contribution < -0.4 is 0 Å². The summed E-state index contributed by atoms with van der Waals surface area (Å²) in [7, 11) is 0. The molecule has 0 saturated carbocycles. The Morgan fingerprint density at radius 2 is 1.92 bits per heavy atom. The Morgan fingerprint density at radius 3 is 2.50 bits per heavy atom. The van der Waals surface area contributed by atoms with Crippen molar-refractivity contribution in [1.29, 1.82) is 0 Å². The van der Waals surface area contributed by atoms with Gasteiger partial charge in [0.1, 0.15) is 0 Å². The van der Waals surface area contributed by atoms with Gasteiger partial charge in [-0.05, 0) is 53.1 Å². The molecule has 0 unspecified atom stereocenters. The molecule has 0 spiro atoms. The number of unbranched alkanes of at least 4 members (excludes halogenated alkanes) is 1. The van der Waals surface area contributed by atoms with Crippen LogP contribution in [0.25, 0.3) is 0 Å². The number of rotatable bonds is 3. The van der Waals surface area contributed by atoms with Crippen LogP contribution in [0.5, 0.6) is 0 Å². The molecule has 0 aromatic heterocycles. The molecule has 0 fully saturated rings. The quantitative estimate of drug-likeness (QED) is 0.449. The van der Waals surface area contributed by atoms with Crippen molar-refractivity contribution in [2.24, 2.45) is 0 Å². The summed E-state index contributed by atoms with van der Waals surface area (Å²) in [4.78, 5) is 0. The fraction of sp³-hybridized carbons (Fsp3) is 0.273. The van der Waals surface area contributed by atoms with Crippen LogP contribution in [0.3, 0.4) is 0 Å². The number of aryl methyl sites for hydroxylation is 1. The zero-order chi connectivity index (χ0) is 8.81. The topological polar surface area (TPSA) is 0 Å². The van der Waals surface area contributed by atoms with E-state index in [1.54, 1.807) is 0 Å². The van der Waals surface area contributed by atoms with E-state index in [0.29, 0.717) is 0 Å². The molecule has 0 heterocycles. The highest BCUT2D eigenvalue weighted by molar-refractivity contribution is 14.1. The first kappa shape index (κ1) is 9.60. The summed E-state index contributed by atoms with van der Waals surface area (Å²) in [5.74, 6) is 2.65. The Balaban J connectivity index is 2.43. The highest BCUT2D eigenvalue weighted by Gasteiger charge is 1.91. The van der Waals surface area contributed by atoms with Crippen LogP contribution in [0.15, 0.2) is 24.3 Å². The second kappa shape index (κ2) is 5.21. The standard InChI is InChI=1S/C11H11I/c1-2-3-4-5-10-6-8-11(12)9-7-10/h1,6-9H,3-5H2. The molecule has 0 atom stereocenters. The monoisotopic (exact) mass is 270 g/mol. The van der Waals surface area contributed by atoms with Gasteiger partial charge in [-0.1, -0.05) is 12.1 Å². The molecule has 0 aliphatic carbocycles. The summed E-state index contributed by atoms with van der Waals surface area (Å²) in [6.45, 7) is 0. The summed E-state index contributed by atoms with van der Waals surface area (Å²) in [5, 5.41) is 0. The van der Waals surface area contributed by atoms with E-state index >= 15 is 0 Å². The number of hydrogen-bond donors (Lipinski definition) is 0. The Kier molecular flexibility index (Phi) is 4.16. The van der Waals surface area contributed by atoms with Crippen molar-refractivity contribution in [3.05, 3.63) is 33.4 Å². The first-order chi connectivity index (χ1) is 5.83. The number of hydrogen-bond acceptors (Lipinski definition) is 0. The average molecular weight is 270 g/mol. The molecule has 0 aliphatic heterocycles. The van der Waals surface area contributed by atoms with Gasteiger partial charge in [-0.2, -0.15) is 0 Å². The molecule has 1 aromatic carbocycles. The Labute approximate surface area is 87.5 Å². The second-order valence-electron chi connectivity index (χ2n) is 2.68. The lowest BCUT2D eigenvalue weighted by Crippen LogP contribution is -1.84. The molecule has 62 valence electrons. The van der Waals surface area contributed by atoms with Gasteiger partial charge in [0.05, 0.1) is 0 Å². The smallest absolute Gasteiger partial charge is 0.0130 e. The van der Waals surface area contributed by atoms with Gasteiger partial charge in [0, 0.05) is 9.99 Å². The molecule has 0 aliphatic rings. The lowest BCUT2D eigenvalue weighted by molar-refractivity contribution is 0.858. The molecule has 0 nitrogen and oxygen atoms in total. The summed E-state index contributed by atoms with van der Waals surface area (Å²) >= 11 is 2.31. The van der Waals surface area contributed by atoms with Crippen molar-refractivity contribution >= 4 is 22.6 Å². The summed E-state index contributed by atoms with van der Waals surface area (Å²) in [5.41, 5.74) is 1.38. The van der Waals surface area contributed by atoms with E-state index in [2.05, 4.69) is 52.8 Å². The minimum absolute atomic E-state index is 0.881. The van der Waals surface area contributed by atoms with Crippen molar-refractivity contribution in [1.82, 2.24) is 0 Å². The zero-order valence-electron chi connectivity index (χ0n) is 6.89. The molecule has 1 rings (SSSR count). The van der Waals surface area contributed by atoms with E-state index in [0.717, 1.165) is 19.3 Å². The predicted molar refractivity (Wildman–Crippen MR) is 60.9 cm³/mol. The maximum atomic E-state index is 5.17. The third-order valence-corrected chi connectivity index (χ3v) is 2.42. The van der Waals surface area contributed by atoms with Crippen molar-refractivity contribution in [2.75, 3.05) is 0 Å². The van der Waals surface area contributed by atoms with E-state index in [-0.39, 0.29) is 0 Å². The Bertz CT molecular complexity index is 266. The average Bonchev–Trinajstić information content (AvgIpc) is 2.09. The molecule has 1 heteroatoms. The minimum Gasteiger partial charge on any atom is -0.120 e. The molecule has 0 bridgehead atoms. The number of halogens is 1. The fourth-order valence-corrected chi connectivity index (χ4v) is 1.41. The van der Waals surface area contributed by atoms with Crippen molar-refractivity contribution in [3.8, 4) is 12.3 Å². The third kappa shape index (κ3) is 3.27. The molecule has 0 N–H and O–H groups in total. The van der Waals surface area contributed by atoms with Crippen LogP contribution >= 0.6 is 22.6 Å². The van der Waals surface area contributed by atoms with Gasteiger partial charge >= 0.3 is 0 Å². The van der Waals surface area contributed by atoms with Crippen molar-refractivity contribution in [3.63, 3.8) is 0 Å². The Morgan fingerprint density at radius 1 is 1.25 bits per heavy atom. The van der Waals surface area contributed by atoms with Crippen LogP contribution in [-0.4, -0.2) is 0 Å². The summed E-state index contributed by atoms with van der Waals surface area (Å²) in [6.07, 6.45) is 8.24. The van der Waals surface area contributed by atoms with E-state index in [9.17, 15) is 0 Å². The maximum Gasteiger partial charge on any atom is 0.0130 e. The molecule has 0 radical (unpaired) electrons. The molecule has 12 heavy (non-hydrogen) atoms. The Hall–Kier alpha value is -0.490.